The smallest absolute Gasteiger partial charge is 0.196 e. The van der Waals surface area contributed by atoms with E-state index in [1.165, 1.54) is 0 Å². The third kappa shape index (κ3) is 4.08. The van der Waals surface area contributed by atoms with Crippen molar-refractivity contribution in [3.63, 3.8) is 0 Å². The molecule has 2 aromatic rings. The normalized spacial score (nSPS) is 11.2. The van der Waals surface area contributed by atoms with Crippen molar-refractivity contribution in [1.82, 2.24) is 10.3 Å². The van der Waals surface area contributed by atoms with Crippen LogP contribution in [0.5, 0.6) is 0 Å². The first kappa shape index (κ1) is 14.1. The van der Waals surface area contributed by atoms with E-state index in [4.69, 9.17) is 16.0 Å². The molecule has 19 heavy (non-hydrogen) atoms. The summed E-state index contributed by atoms with van der Waals surface area (Å²) >= 11 is 6.13. The van der Waals surface area contributed by atoms with E-state index >= 15 is 0 Å². The zero-order valence-electron chi connectivity index (χ0n) is 11.3. The van der Waals surface area contributed by atoms with Gasteiger partial charge in [-0.2, -0.15) is 0 Å². The average molecular weight is 279 g/mol. The van der Waals surface area contributed by atoms with Crippen LogP contribution in [0.15, 0.2) is 34.9 Å². The van der Waals surface area contributed by atoms with Crippen LogP contribution in [0.2, 0.25) is 5.02 Å². The Hall–Kier alpha value is -1.32. The maximum Gasteiger partial charge on any atom is 0.196 e. The lowest BCUT2D eigenvalue weighted by molar-refractivity contribution is 0.483. The lowest BCUT2D eigenvalue weighted by Gasteiger charge is -2.05. The van der Waals surface area contributed by atoms with E-state index in [0.717, 1.165) is 36.7 Å². The van der Waals surface area contributed by atoms with Gasteiger partial charge in [-0.05, 0) is 24.6 Å². The summed E-state index contributed by atoms with van der Waals surface area (Å²) in [6, 6.07) is 7.62. The number of hydrogen-bond donors (Lipinski definition) is 1. The van der Waals surface area contributed by atoms with Gasteiger partial charge >= 0.3 is 0 Å². The maximum absolute atomic E-state index is 6.13. The summed E-state index contributed by atoms with van der Waals surface area (Å²) < 4.78 is 5.72. The molecule has 0 saturated carbocycles. The van der Waals surface area contributed by atoms with Crippen LogP contribution in [0.25, 0.3) is 11.3 Å². The molecule has 2 rings (SSSR count). The Morgan fingerprint density at radius 1 is 1.32 bits per heavy atom. The molecule has 0 amide bonds. The second-order valence-corrected chi connectivity index (χ2v) is 5.35. The van der Waals surface area contributed by atoms with Gasteiger partial charge in [-0.1, -0.05) is 37.6 Å². The fraction of sp³-hybridized carbons (Fsp3) is 0.400. The maximum atomic E-state index is 6.13. The molecule has 0 saturated heterocycles. The van der Waals surface area contributed by atoms with Crippen molar-refractivity contribution in [2.24, 2.45) is 5.92 Å². The number of aromatic nitrogens is 1. The lowest BCUT2D eigenvalue weighted by Crippen LogP contribution is -2.22. The van der Waals surface area contributed by atoms with Crippen LogP contribution in [0.4, 0.5) is 0 Å². The van der Waals surface area contributed by atoms with Gasteiger partial charge in [-0.3, -0.25) is 0 Å². The topological polar surface area (TPSA) is 38.1 Å². The molecule has 1 aromatic heterocycles. The molecule has 0 bridgehead atoms. The van der Waals surface area contributed by atoms with E-state index in [9.17, 15) is 0 Å². The zero-order chi connectivity index (χ0) is 13.7. The Labute approximate surface area is 119 Å². The molecule has 0 atom stereocenters. The van der Waals surface area contributed by atoms with Gasteiger partial charge in [0.25, 0.3) is 0 Å². The first-order valence-electron chi connectivity index (χ1n) is 6.57. The van der Waals surface area contributed by atoms with Gasteiger partial charge < -0.3 is 9.73 Å². The predicted octanol–water partition coefficient (Wildman–Crippen LogP) is 3.78. The predicted molar refractivity (Wildman–Crippen MR) is 78.4 cm³/mol. The minimum atomic E-state index is 0.656. The molecule has 0 aliphatic rings. The molecule has 1 N–H and O–H groups in total. The quantitative estimate of drug-likeness (QED) is 0.817. The molecule has 0 spiro atoms. The Morgan fingerprint density at radius 2 is 2.11 bits per heavy atom. The average Bonchev–Trinajstić information content (AvgIpc) is 2.83. The minimum Gasteiger partial charge on any atom is -0.441 e. The number of oxazole rings is 1. The molecule has 0 radical (unpaired) electrons. The van der Waals surface area contributed by atoms with E-state index in [-0.39, 0.29) is 0 Å². The first-order chi connectivity index (χ1) is 9.16. The number of nitrogens with one attached hydrogen (secondary N) is 1. The van der Waals surface area contributed by atoms with Gasteiger partial charge in [0.05, 0.1) is 11.2 Å². The summed E-state index contributed by atoms with van der Waals surface area (Å²) in [6.45, 7) is 6.26. The summed E-state index contributed by atoms with van der Waals surface area (Å²) in [4.78, 5) is 4.29. The Bertz CT molecular complexity index is 522. The van der Waals surface area contributed by atoms with Crippen LogP contribution in [0, 0.1) is 5.92 Å². The third-order valence-electron chi connectivity index (χ3n) is 2.76. The van der Waals surface area contributed by atoms with Crippen LogP contribution >= 0.6 is 11.6 Å². The molecule has 0 aliphatic carbocycles. The van der Waals surface area contributed by atoms with Gasteiger partial charge in [0.15, 0.2) is 11.7 Å². The summed E-state index contributed by atoms with van der Waals surface area (Å²) in [7, 11) is 0. The van der Waals surface area contributed by atoms with E-state index in [0.29, 0.717) is 10.9 Å². The Morgan fingerprint density at radius 3 is 2.84 bits per heavy atom. The molecule has 1 aromatic carbocycles. The first-order valence-corrected chi connectivity index (χ1v) is 6.95. The molecule has 4 heteroatoms. The van der Waals surface area contributed by atoms with E-state index < -0.39 is 0 Å². The SMILES string of the molecule is CC(C)CNCCc1ncc(-c2ccccc2Cl)o1. The van der Waals surface area contributed by atoms with Crippen molar-refractivity contribution in [2.45, 2.75) is 20.3 Å². The molecule has 1 heterocycles. The van der Waals surface area contributed by atoms with E-state index in [2.05, 4.69) is 24.1 Å². The summed E-state index contributed by atoms with van der Waals surface area (Å²) in [6.07, 6.45) is 2.52. The second-order valence-electron chi connectivity index (χ2n) is 4.95. The number of benzene rings is 1. The highest BCUT2D eigenvalue weighted by atomic mass is 35.5. The van der Waals surface area contributed by atoms with Crippen LogP contribution < -0.4 is 5.32 Å². The Kier molecular flexibility index (Phi) is 5.00. The van der Waals surface area contributed by atoms with Crippen molar-refractivity contribution in [2.75, 3.05) is 13.1 Å². The van der Waals surface area contributed by atoms with E-state index in [1.54, 1.807) is 6.20 Å². The highest BCUT2D eigenvalue weighted by Gasteiger charge is 2.09. The van der Waals surface area contributed by atoms with E-state index in [1.807, 2.05) is 24.3 Å². The number of nitrogens with zero attached hydrogens (tertiary/aromatic N) is 1. The molecule has 102 valence electrons. The summed E-state index contributed by atoms with van der Waals surface area (Å²) in [5.74, 6) is 2.12. The fourth-order valence-corrected chi connectivity index (χ4v) is 2.03. The third-order valence-corrected chi connectivity index (χ3v) is 3.09. The second kappa shape index (κ2) is 6.73. The number of halogens is 1. The highest BCUT2D eigenvalue weighted by molar-refractivity contribution is 6.33. The van der Waals surface area contributed by atoms with Crippen molar-refractivity contribution < 1.29 is 4.42 Å². The molecule has 0 aliphatic heterocycles. The molecule has 0 unspecified atom stereocenters. The van der Waals surface area contributed by atoms with Crippen LogP contribution in [-0.2, 0) is 6.42 Å². The highest BCUT2D eigenvalue weighted by Crippen LogP contribution is 2.27. The minimum absolute atomic E-state index is 0.656. The molecular weight excluding hydrogens is 260 g/mol. The fourth-order valence-electron chi connectivity index (χ4n) is 1.80. The van der Waals surface area contributed by atoms with Gasteiger partial charge in [-0.25, -0.2) is 4.98 Å². The van der Waals surface area contributed by atoms with Crippen molar-refractivity contribution in [1.29, 1.82) is 0 Å². The lowest BCUT2D eigenvalue weighted by atomic mass is 10.2. The zero-order valence-corrected chi connectivity index (χ0v) is 12.1. The van der Waals surface area contributed by atoms with Gasteiger partial charge in [-0.15, -0.1) is 0 Å². The standard InChI is InChI=1S/C15H19ClN2O/c1-11(2)9-17-8-7-15-18-10-14(19-15)12-5-3-4-6-13(12)16/h3-6,10-11,17H,7-9H2,1-2H3. The van der Waals surface area contributed by atoms with Crippen LogP contribution in [0.3, 0.4) is 0 Å². The summed E-state index contributed by atoms with van der Waals surface area (Å²) in [5, 5.41) is 4.05. The van der Waals surface area contributed by atoms with Crippen molar-refractivity contribution in [3.05, 3.63) is 41.4 Å². The summed E-state index contributed by atoms with van der Waals surface area (Å²) in [5.41, 5.74) is 0.887. The molecule has 3 nitrogen and oxygen atoms in total. The van der Waals surface area contributed by atoms with Crippen molar-refractivity contribution >= 4 is 11.6 Å². The number of hydrogen-bond acceptors (Lipinski definition) is 3. The monoisotopic (exact) mass is 278 g/mol. The van der Waals surface area contributed by atoms with Gasteiger partial charge in [0.2, 0.25) is 0 Å². The molecular formula is C15H19ClN2O. The van der Waals surface area contributed by atoms with Gasteiger partial charge in [0.1, 0.15) is 0 Å². The molecule has 0 fully saturated rings. The number of rotatable bonds is 6. The van der Waals surface area contributed by atoms with Crippen molar-refractivity contribution in [3.8, 4) is 11.3 Å². The van der Waals surface area contributed by atoms with Gasteiger partial charge in [0, 0.05) is 18.5 Å². The Balaban J connectivity index is 1.94. The van der Waals surface area contributed by atoms with Crippen LogP contribution in [0.1, 0.15) is 19.7 Å². The largest absolute Gasteiger partial charge is 0.441 e. The van der Waals surface area contributed by atoms with Crippen LogP contribution in [-0.4, -0.2) is 18.1 Å².